The minimum atomic E-state index is -0.825. The second kappa shape index (κ2) is 42.8. The summed E-state index contributed by atoms with van der Waals surface area (Å²) in [5, 5.41) is 5.55. The second-order valence-electron chi connectivity index (χ2n) is 25.6. The van der Waals surface area contributed by atoms with Gasteiger partial charge in [-0.3, -0.25) is 14.5 Å². The summed E-state index contributed by atoms with van der Waals surface area (Å²) in [6, 6.07) is 0. The summed E-state index contributed by atoms with van der Waals surface area (Å²) < 4.78 is 22.5. The maximum absolute atomic E-state index is 13.8. The first-order chi connectivity index (χ1) is 36.7. The van der Waals surface area contributed by atoms with Crippen LogP contribution >= 0.6 is 0 Å². The van der Waals surface area contributed by atoms with Crippen molar-refractivity contribution in [2.75, 3.05) is 65.4 Å². The summed E-state index contributed by atoms with van der Waals surface area (Å²) in [4.78, 5) is 86.4. The monoisotopic (exact) mass is 1110 g/mol. The summed E-state index contributed by atoms with van der Waals surface area (Å²) in [7, 11) is 0. The zero-order chi connectivity index (χ0) is 58.9. The first kappa shape index (κ1) is 74.0. The quantitative estimate of drug-likeness (QED) is 0.0441. The maximum atomic E-state index is 13.8. The van der Waals surface area contributed by atoms with Gasteiger partial charge in [0, 0.05) is 52.4 Å². The Hall–Kier alpha value is -3.98. The van der Waals surface area contributed by atoms with E-state index in [4.69, 9.17) is 18.9 Å². The van der Waals surface area contributed by atoms with Gasteiger partial charge in [0.2, 0.25) is 11.8 Å². The van der Waals surface area contributed by atoms with Crippen molar-refractivity contribution in [1.82, 2.24) is 30.2 Å². The number of rotatable bonds is 43. The number of carbonyl (C=O) groups is 6. The molecule has 16 nitrogen and oxygen atoms in total. The molecule has 0 aromatic heterocycles. The van der Waals surface area contributed by atoms with Gasteiger partial charge in [0.15, 0.2) is 0 Å². The van der Waals surface area contributed by atoms with Gasteiger partial charge in [0.25, 0.3) is 0 Å². The van der Waals surface area contributed by atoms with Gasteiger partial charge in [0.05, 0.1) is 6.54 Å². The molecule has 0 aliphatic carbocycles. The van der Waals surface area contributed by atoms with Crippen molar-refractivity contribution >= 4 is 36.2 Å². The van der Waals surface area contributed by atoms with Crippen molar-refractivity contribution in [3.63, 3.8) is 0 Å². The summed E-state index contributed by atoms with van der Waals surface area (Å²) in [5.41, 5.74) is -2.92. The van der Waals surface area contributed by atoms with Gasteiger partial charge >= 0.3 is 24.4 Å². The zero-order valence-electron chi connectivity index (χ0n) is 52.7. The molecule has 0 saturated carbocycles. The van der Waals surface area contributed by atoms with Crippen molar-refractivity contribution in [2.24, 2.45) is 0 Å². The van der Waals surface area contributed by atoms with Crippen molar-refractivity contribution in [3.8, 4) is 0 Å². The summed E-state index contributed by atoms with van der Waals surface area (Å²) >= 11 is 0. The fourth-order valence-corrected chi connectivity index (χ4v) is 8.80. The molecule has 0 bridgehead atoms. The Labute approximate surface area is 477 Å². The highest BCUT2D eigenvalue weighted by molar-refractivity contribution is 5.87. The van der Waals surface area contributed by atoms with Gasteiger partial charge in [-0.1, -0.05) is 155 Å². The van der Waals surface area contributed by atoms with Crippen LogP contribution in [0.5, 0.6) is 0 Å². The average Bonchev–Trinajstić information content (AvgIpc) is 3.31. The molecule has 2 N–H and O–H groups in total. The minimum Gasteiger partial charge on any atom is -0.444 e. The zero-order valence-corrected chi connectivity index (χ0v) is 52.7. The van der Waals surface area contributed by atoms with Crippen molar-refractivity contribution in [2.45, 2.75) is 299 Å². The third-order valence-corrected chi connectivity index (χ3v) is 12.9. The molecular weight excluding hydrogens is 989 g/mol. The van der Waals surface area contributed by atoms with Crippen molar-refractivity contribution in [3.05, 3.63) is 0 Å². The van der Waals surface area contributed by atoms with Gasteiger partial charge in [-0.25, -0.2) is 19.2 Å². The topological polar surface area (TPSA) is 176 Å². The maximum Gasteiger partial charge on any atom is 0.410 e. The molecule has 0 saturated heterocycles. The second-order valence-corrected chi connectivity index (χ2v) is 25.6. The van der Waals surface area contributed by atoms with E-state index in [1.54, 1.807) is 92.9 Å². The fraction of sp³-hybridized carbons (Fsp3) is 0.903. The molecule has 0 aliphatic rings. The largest absolute Gasteiger partial charge is 0.444 e. The van der Waals surface area contributed by atoms with Gasteiger partial charge in [-0.2, -0.15) is 0 Å². The molecule has 0 unspecified atom stereocenters. The Kier molecular flexibility index (Phi) is 40.7. The molecule has 0 rings (SSSR count). The van der Waals surface area contributed by atoms with Crippen LogP contribution in [0.3, 0.4) is 0 Å². The van der Waals surface area contributed by atoms with Crippen LogP contribution in [0.1, 0.15) is 277 Å². The molecule has 0 aliphatic heterocycles. The van der Waals surface area contributed by atoms with E-state index in [1.165, 1.54) is 120 Å². The van der Waals surface area contributed by atoms with Gasteiger partial charge < -0.3 is 44.3 Å². The van der Waals surface area contributed by atoms with E-state index in [0.717, 1.165) is 38.5 Å². The number of alkyl carbamates (subject to hydrolysis) is 1. The average molecular weight is 1110 g/mol. The normalized spacial score (nSPS) is 11.9. The van der Waals surface area contributed by atoms with Crippen LogP contribution in [0.2, 0.25) is 0 Å². The lowest BCUT2D eigenvalue weighted by atomic mass is 10.0. The lowest BCUT2D eigenvalue weighted by Crippen LogP contribution is -2.47. The molecule has 0 heterocycles. The SMILES string of the molecule is CCCCCCCCCCCCCCN(CCCCCCCCCCCCCC)C(=O)CNC(=O)CN(CCCN(CCCCN(CCCNC(=O)OC(C)(C)C)C(=O)OC(C)(C)C)C(=O)OC(C)(C)C)C(=O)OC(C)(C)C. The molecule has 6 amide bonds. The highest BCUT2D eigenvalue weighted by Crippen LogP contribution is 2.18. The predicted octanol–water partition coefficient (Wildman–Crippen LogP) is 15.1. The van der Waals surface area contributed by atoms with E-state index in [1.807, 2.05) is 4.90 Å². The first-order valence-electron chi connectivity index (χ1n) is 31.1. The highest BCUT2D eigenvalue weighted by atomic mass is 16.6. The lowest BCUT2D eigenvalue weighted by Gasteiger charge is -2.30. The molecule has 16 heteroatoms. The predicted molar refractivity (Wildman–Crippen MR) is 318 cm³/mol. The Bertz CT molecular complexity index is 1570. The third-order valence-electron chi connectivity index (χ3n) is 12.9. The van der Waals surface area contributed by atoms with Gasteiger partial charge in [-0.15, -0.1) is 0 Å². The van der Waals surface area contributed by atoms with Crippen LogP contribution in [0.25, 0.3) is 0 Å². The fourth-order valence-electron chi connectivity index (χ4n) is 8.80. The van der Waals surface area contributed by atoms with Crippen LogP contribution in [0.4, 0.5) is 19.2 Å². The number of ether oxygens (including phenoxy) is 4. The standard InChI is InChI=1S/C62H120N6O10/c1-15-17-19-21-23-25-27-29-31-33-35-37-44-65(45-38-36-34-32-30-28-26-24-22-20-18-16-2)54(70)51-64-53(69)52-68(58(74)78-62(12,13)14)50-42-49-67(57(73)77-61(9,10)11)47-40-39-46-66(56(72)76-60(6,7)8)48-41-43-63-55(71)75-59(3,4)5/h15-52H2,1-14H3,(H,63,71)(H,64,69). The summed E-state index contributed by atoms with van der Waals surface area (Å²) in [6.45, 7) is 28.4. The Morgan fingerprint density at radius 3 is 0.962 bits per heavy atom. The third kappa shape index (κ3) is 45.8. The molecule has 0 fully saturated rings. The number of nitrogens with zero attached hydrogens (tertiary/aromatic N) is 4. The number of hydrogen-bond acceptors (Lipinski definition) is 10. The molecule has 0 spiro atoms. The number of hydrogen-bond donors (Lipinski definition) is 2. The molecular formula is C62H120N6O10. The number of nitrogens with one attached hydrogen (secondary N) is 2. The minimum absolute atomic E-state index is 0.101. The molecule has 0 radical (unpaired) electrons. The van der Waals surface area contributed by atoms with Gasteiger partial charge in [0.1, 0.15) is 28.9 Å². The van der Waals surface area contributed by atoms with E-state index in [-0.39, 0.29) is 32.1 Å². The summed E-state index contributed by atoms with van der Waals surface area (Å²) in [6.07, 6.45) is 29.5. The van der Waals surface area contributed by atoms with Crippen LogP contribution in [-0.4, -0.2) is 144 Å². The number of amides is 6. The first-order valence-corrected chi connectivity index (χ1v) is 31.1. The van der Waals surface area contributed by atoms with Crippen LogP contribution < -0.4 is 10.6 Å². The van der Waals surface area contributed by atoms with E-state index in [0.29, 0.717) is 65.0 Å². The van der Waals surface area contributed by atoms with Crippen LogP contribution in [-0.2, 0) is 28.5 Å². The van der Waals surface area contributed by atoms with E-state index in [2.05, 4.69) is 24.5 Å². The molecule has 0 atom stereocenters. The molecule has 0 aromatic carbocycles. The molecule has 78 heavy (non-hydrogen) atoms. The molecule has 458 valence electrons. The van der Waals surface area contributed by atoms with E-state index in [9.17, 15) is 28.8 Å². The van der Waals surface area contributed by atoms with E-state index < -0.39 is 52.7 Å². The number of carbonyl (C=O) groups excluding carboxylic acids is 6. The Morgan fingerprint density at radius 2 is 0.603 bits per heavy atom. The van der Waals surface area contributed by atoms with Crippen LogP contribution in [0.15, 0.2) is 0 Å². The summed E-state index contributed by atoms with van der Waals surface area (Å²) in [5.74, 6) is -0.584. The Morgan fingerprint density at radius 1 is 0.321 bits per heavy atom. The van der Waals surface area contributed by atoms with E-state index >= 15 is 0 Å². The smallest absolute Gasteiger partial charge is 0.410 e. The van der Waals surface area contributed by atoms with Crippen molar-refractivity contribution in [1.29, 1.82) is 0 Å². The molecule has 0 aromatic rings. The van der Waals surface area contributed by atoms with Crippen molar-refractivity contribution < 1.29 is 47.7 Å². The van der Waals surface area contributed by atoms with Crippen LogP contribution in [0, 0.1) is 0 Å². The lowest BCUT2D eigenvalue weighted by molar-refractivity contribution is -0.133. The van der Waals surface area contributed by atoms with Gasteiger partial charge in [-0.05, 0) is 122 Å². The highest BCUT2D eigenvalue weighted by Gasteiger charge is 2.28. The Balaban J connectivity index is 5.71. The number of unbranched alkanes of at least 4 members (excludes halogenated alkanes) is 23.